The zero-order chi connectivity index (χ0) is 9.26. The van der Waals surface area contributed by atoms with E-state index < -0.39 is 0 Å². The number of fused-ring (bicyclic) bond motifs is 1. The van der Waals surface area contributed by atoms with Gasteiger partial charge in [-0.25, -0.2) is 0 Å². The van der Waals surface area contributed by atoms with Crippen molar-refractivity contribution in [3.8, 4) is 5.75 Å². The van der Waals surface area contributed by atoms with Gasteiger partial charge in [0.2, 0.25) is 0 Å². The minimum Gasteiger partial charge on any atom is -0.497 e. The summed E-state index contributed by atoms with van der Waals surface area (Å²) in [5.41, 5.74) is 1.78. The van der Waals surface area contributed by atoms with Crippen molar-refractivity contribution in [3.63, 3.8) is 0 Å². The van der Waals surface area contributed by atoms with Crippen LogP contribution in [-0.4, -0.2) is 17.1 Å². The minimum atomic E-state index is 0.626. The van der Waals surface area contributed by atoms with Crippen LogP contribution >= 0.6 is 12.2 Å². The molecule has 1 N–H and O–H groups in total. The molecule has 13 heavy (non-hydrogen) atoms. The Balaban J connectivity index is 2.75. The number of nitrogens with zero attached hydrogens (tertiary/aromatic N) is 1. The number of H-pyrrole nitrogens is 1. The first-order valence-electron chi connectivity index (χ1n) is 3.83. The monoisotopic (exact) mass is 192 g/mol. The molecule has 2 rings (SSSR count). The number of hydrogen-bond donors (Lipinski definition) is 1. The summed E-state index contributed by atoms with van der Waals surface area (Å²) in [5, 5.41) is 0. The number of methoxy groups -OCH3 is 1. The van der Waals surface area contributed by atoms with Gasteiger partial charge in [-0.05, 0) is 12.1 Å². The molecule has 0 aliphatic heterocycles. The Hall–Kier alpha value is -1.42. The van der Waals surface area contributed by atoms with Crippen LogP contribution in [0.25, 0.3) is 11.0 Å². The molecule has 0 amide bonds. The predicted molar refractivity (Wildman–Crippen MR) is 53.5 cm³/mol. The largest absolute Gasteiger partial charge is 0.497 e. The van der Waals surface area contributed by atoms with Crippen molar-refractivity contribution in [2.75, 3.05) is 7.11 Å². The van der Waals surface area contributed by atoms with Crippen LogP contribution in [0, 0.1) is 4.64 Å². The highest BCUT2D eigenvalue weighted by atomic mass is 32.1. The van der Waals surface area contributed by atoms with Crippen molar-refractivity contribution >= 4 is 23.3 Å². The lowest BCUT2D eigenvalue weighted by Crippen LogP contribution is -1.86. The van der Waals surface area contributed by atoms with E-state index in [1.165, 1.54) is 0 Å². The lowest BCUT2D eigenvalue weighted by molar-refractivity contribution is 0.415. The molecule has 0 atom stereocenters. The van der Waals surface area contributed by atoms with Crippen LogP contribution in [0.3, 0.4) is 0 Å². The van der Waals surface area contributed by atoms with Crippen molar-refractivity contribution < 1.29 is 4.74 Å². The zero-order valence-electron chi connectivity index (χ0n) is 7.07. The van der Waals surface area contributed by atoms with E-state index in [-0.39, 0.29) is 0 Å². The van der Waals surface area contributed by atoms with E-state index in [4.69, 9.17) is 17.0 Å². The third kappa shape index (κ3) is 1.53. The van der Waals surface area contributed by atoms with Gasteiger partial charge in [0, 0.05) is 6.07 Å². The van der Waals surface area contributed by atoms with E-state index >= 15 is 0 Å². The molecule has 0 aliphatic carbocycles. The topological polar surface area (TPSA) is 37.9 Å². The fourth-order valence-corrected chi connectivity index (χ4v) is 1.31. The SMILES string of the molecule is COc1ccc2ncc(=S)[nH]c2c1. The van der Waals surface area contributed by atoms with E-state index in [0.29, 0.717) is 4.64 Å². The van der Waals surface area contributed by atoms with E-state index in [1.54, 1.807) is 13.3 Å². The van der Waals surface area contributed by atoms with Gasteiger partial charge in [0.05, 0.1) is 24.3 Å². The fraction of sp³-hybridized carbons (Fsp3) is 0.111. The van der Waals surface area contributed by atoms with Gasteiger partial charge in [-0.2, -0.15) is 0 Å². The quantitative estimate of drug-likeness (QED) is 0.704. The molecule has 0 unspecified atom stereocenters. The maximum atomic E-state index is 5.08. The van der Waals surface area contributed by atoms with Crippen LogP contribution in [-0.2, 0) is 0 Å². The first-order chi connectivity index (χ1) is 6.29. The summed E-state index contributed by atoms with van der Waals surface area (Å²) >= 11 is 4.96. The van der Waals surface area contributed by atoms with Gasteiger partial charge >= 0.3 is 0 Å². The second-order valence-electron chi connectivity index (χ2n) is 2.63. The van der Waals surface area contributed by atoms with Crippen LogP contribution in [0.15, 0.2) is 24.4 Å². The number of hydrogen-bond acceptors (Lipinski definition) is 3. The third-order valence-corrected chi connectivity index (χ3v) is 1.99. The molecule has 1 heterocycles. The zero-order valence-corrected chi connectivity index (χ0v) is 7.89. The Morgan fingerprint density at radius 2 is 2.31 bits per heavy atom. The lowest BCUT2D eigenvalue weighted by Gasteiger charge is -2.00. The van der Waals surface area contributed by atoms with Gasteiger partial charge < -0.3 is 9.72 Å². The number of nitrogens with one attached hydrogen (secondary N) is 1. The predicted octanol–water partition coefficient (Wildman–Crippen LogP) is 2.30. The molecule has 0 saturated carbocycles. The normalized spacial score (nSPS) is 10.2. The van der Waals surface area contributed by atoms with Crippen molar-refractivity contribution in [2.24, 2.45) is 0 Å². The summed E-state index contributed by atoms with van der Waals surface area (Å²) in [6, 6.07) is 5.63. The molecule has 4 heteroatoms. The summed E-state index contributed by atoms with van der Waals surface area (Å²) in [4.78, 5) is 7.20. The molecule has 66 valence electrons. The van der Waals surface area contributed by atoms with Crippen LogP contribution < -0.4 is 4.74 Å². The maximum Gasteiger partial charge on any atom is 0.122 e. The Bertz CT molecular complexity index is 492. The number of benzene rings is 1. The minimum absolute atomic E-state index is 0.626. The summed E-state index contributed by atoms with van der Waals surface area (Å²) in [6.07, 6.45) is 1.63. The molecular formula is C9H8N2OS. The van der Waals surface area contributed by atoms with Gasteiger partial charge in [-0.15, -0.1) is 0 Å². The van der Waals surface area contributed by atoms with Crippen molar-refractivity contribution in [2.45, 2.75) is 0 Å². The third-order valence-electron chi connectivity index (χ3n) is 1.78. The van der Waals surface area contributed by atoms with E-state index in [2.05, 4.69) is 9.97 Å². The van der Waals surface area contributed by atoms with E-state index in [9.17, 15) is 0 Å². The summed E-state index contributed by atoms with van der Waals surface area (Å²) in [5.74, 6) is 0.797. The van der Waals surface area contributed by atoms with Gasteiger partial charge in [0.25, 0.3) is 0 Å². The molecule has 1 aromatic carbocycles. The molecular weight excluding hydrogens is 184 g/mol. The van der Waals surface area contributed by atoms with Crippen molar-refractivity contribution in [1.29, 1.82) is 0 Å². The first kappa shape index (κ1) is 8.19. The summed E-state index contributed by atoms with van der Waals surface area (Å²) < 4.78 is 5.71. The molecule has 0 saturated heterocycles. The van der Waals surface area contributed by atoms with Crippen LogP contribution in [0.5, 0.6) is 5.75 Å². The molecule has 1 aromatic heterocycles. The second-order valence-corrected chi connectivity index (χ2v) is 3.07. The standard InChI is InChI=1S/C9H8N2OS/c1-12-6-2-3-7-8(4-6)11-9(13)5-10-7/h2-5H,1H3,(H,11,13). The number of rotatable bonds is 1. The summed E-state index contributed by atoms with van der Waals surface area (Å²) in [6.45, 7) is 0. The van der Waals surface area contributed by atoms with E-state index in [1.807, 2.05) is 18.2 Å². The average molecular weight is 192 g/mol. The number of aromatic nitrogens is 2. The van der Waals surface area contributed by atoms with Crippen LogP contribution in [0.4, 0.5) is 0 Å². The lowest BCUT2D eigenvalue weighted by atomic mass is 10.3. The molecule has 0 bridgehead atoms. The van der Waals surface area contributed by atoms with Crippen molar-refractivity contribution in [1.82, 2.24) is 9.97 Å². The fourth-order valence-electron chi connectivity index (χ4n) is 1.15. The van der Waals surface area contributed by atoms with Gasteiger partial charge in [-0.3, -0.25) is 4.98 Å². The second kappa shape index (κ2) is 3.14. The Kier molecular flexibility index (Phi) is 1.98. The highest BCUT2D eigenvalue weighted by Gasteiger charge is 1.96. The average Bonchev–Trinajstić information content (AvgIpc) is 2.16. The molecule has 0 fully saturated rings. The molecule has 0 spiro atoms. The molecule has 3 nitrogen and oxygen atoms in total. The summed E-state index contributed by atoms with van der Waals surface area (Å²) in [7, 11) is 1.63. The Labute approximate surface area is 80.4 Å². The highest BCUT2D eigenvalue weighted by Crippen LogP contribution is 2.16. The maximum absolute atomic E-state index is 5.08. The highest BCUT2D eigenvalue weighted by molar-refractivity contribution is 7.71. The number of ether oxygens (including phenoxy) is 1. The number of aromatic amines is 1. The van der Waals surface area contributed by atoms with Gasteiger partial charge in [0.1, 0.15) is 10.4 Å². The first-order valence-corrected chi connectivity index (χ1v) is 4.23. The molecule has 2 aromatic rings. The van der Waals surface area contributed by atoms with Crippen molar-refractivity contribution in [3.05, 3.63) is 29.0 Å². The Morgan fingerprint density at radius 3 is 3.08 bits per heavy atom. The van der Waals surface area contributed by atoms with Gasteiger partial charge in [0.15, 0.2) is 0 Å². The Morgan fingerprint density at radius 1 is 1.46 bits per heavy atom. The molecule has 0 radical (unpaired) electrons. The van der Waals surface area contributed by atoms with Crippen LogP contribution in [0.2, 0.25) is 0 Å². The van der Waals surface area contributed by atoms with Gasteiger partial charge in [-0.1, -0.05) is 12.2 Å². The molecule has 0 aliphatic rings. The van der Waals surface area contributed by atoms with E-state index in [0.717, 1.165) is 16.8 Å². The van der Waals surface area contributed by atoms with Crippen LogP contribution in [0.1, 0.15) is 0 Å². The smallest absolute Gasteiger partial charge is 0.122 e.